The van der Waals surface area contributed by atoms with Crippen molar-refractivity contribution in [2.75, 3.05) is 18.5 Å². The van der Waals surface area contributed by atoms with Crippen LogP contribution in [0.4, 0.5) is 10.6 Å². The van der Waals surface area contributed by atoms with Crippen LogP contribution >= 0.6 is 0 Å². The Balaban J connectivity index is 1.60. The van der Waals surface area contributed by atoms with Crippen molar-refractivity contribution in [1.29, 1.82) is 0 Å². The number of aromatic nitrogens is 4. The molecule has 3 aliphatic rings. The Morgan fingerprint density at radius 3 is 2.49 bits per heavy atom. The van der Waals surface area contributed by atoms with Crippen LogP contribution < -0.4 is 11.1 Å². The van der Waals surface area contributed by atoms with E-state index in [0.29, 0.717) is 60.3 Å². The van der Waals surface area contributed by atoms with Crippen LogP contribution in [0.2, 0.25) is 0 Å². The molecule has 210 valence electrons. The number of fused-ring (bicyclic) bond motifs is 1. The molecule has 0 bridgehead atoms. The summed E-state index contributed by atoms with van der Waals surface area (Å²) >= 11 is 0. The lowest BCUT2D eigenvalue weighted by molar-refractivity contribution is 0.00230. The number of anilines is 1. The first-order valence-electron chi connectivity index (χ1n) is 14.2. The second kappa shape index (κ2) is 11.9. The molecule has 2 aromatic heterocycles. The van der Waals surface area contributed by atoms with E-state index >= 15 is 0 Å². The molecule has 11 nitrogen and oxygen atoms in total. The zero-order chi connectivity index (χ0) is 27.5. The number of nitrogens with zero attached hydrogens (tertiary/aromatic N) is 5. The molecule has 5 rings (SSSR count). The second-order valence-electron chi connectivity index (χ2n) is 11.3. The number of hydrogen-bond acceptors (Lipinski definition) is 7. The van der Waals surface area contributed by atoms with Crippen LogP contribution in [0, 0.1) is 36.0 Å². The number of nitrogens with two attached hydrogens (primary N) is 1. The molecule has 1 saturated heterocycles. The molecule has 11 heteroatoms. The molecule has 2 aliphatic carbocycles. The molecule has 1 amide bonds. The highest BCUT2D eigenvalue weighted by Gasteiger charge is 2.33. The number of carboxylic acid groups (broad SMARTS) is 1. The fraction of sp³-hybridized carbons (Fsp3) is 0.679. The average Bonchev–Trinajstić information content (AvgIpc) is 3.26. The van der Waals surface area contributed by atoms with Crippen molar-refractivity contribution in [3.05, 3.63) is 11.6 Å². The highest BCUT2D eigenvalue weighted by Crippen LogP contribution is 2.37. The number of aliphatic hydroxyl groups excluding tert-OH is 1. The fourth-order valence-corrected chi connectivity index (χ4v) is 6.12. The fourth-order valence-electron chi connectivity index (χ4n) is 6.12. The third-order valence-electron chi connectivity index (χ3n) is 8.80. The molecule has 3 fully saturated rings. The summed E-state index contributed by atoms with van der Waals surface area (Å²) in [5.74, 6) is 4.92. The van der Waals surface area contributed by atoms with E-state index in [1.807, 2.05) is 0 Å². The molecule has 0 aromatic carbocycles. The topological polar surface area (TPSA) is 161 Å². The van der Waals surface area contributed by atoms with Gasteiger partial charge in [0, 0.05) is 31.7 Å². The zero-order valence-corrected chi connectivity index (χ0v) is 22.6. The van der Waals surface area contributed by atoms with E-state index in [2.05, 4.69) is 37.7 Å². The number of aliphatic imine (C=N–C) groups is 1. The monoisotopic (exact) mass is 537 g/mol. The van der Waals surface area contributed by atoms with E-state index in [9.17, 15) is 9.90 Å². The predicted molar refractivity (Wildman–Crippen MR) is 147 cm³/mol. The smallest absolute Gasteiger partial charge is 0.433 e. The number of aliphatic hydroxyl groups is 1. The molecule has 2 atom stereocenters. The SMILES string of the molecule is C#CC1CCC(Cn2c(C(O)C3CCOCC3)nc3nc(C(N)=NC(=O)O)nc(NC(C)C4CCC4)c32)CC1. The number of amidine groups is 1. The van der Waals surface area contributed by atoms with Gasteiger partial charge in [-0.15, -0.1) is 12.3 Å². The minimum Gasteiger partial charge on any atom is -0.463 e. The third kappa shape index (κ3) is 6.02. The van der Waals surface area contributed by atoms with Crippen molar-refractivity contribution in [3.8, 4) is 12.3 Å². The van der Waals surface area contributed by atoms with Gasteiger partial charge in [-0.2, -0.15) is 4.99 Å². The summed E-state index contributed by atoms with van der Waals surface area (Å²) in [4.78, 5) is 28.7. The van der Waals surface area contributed by atoms with E-state index < -0.39 is 12.2 Å². The lowest BCUT2D eigenvalue weighted by atomic mass is 9.80. The lowest BCUT2D eigenvalue weighted by Crippen LogP contribution is -2.32. The van der Waals surface area contributed by atoms with Crippen LogP contribution in [-0.2, 0) is 11.3 Å². The summed E-state index contributed by atoms with van der Waals surface area (Å²) in [7, 11) is 0. The minimum atomic E-state index is -1.42. The third-order valence-corrected chi connectivity index (χ3v) is 8.80. The number of terminal acetylenes is 1. The highest BCUT2D eigenvalue weighted by molar-refractivity contribution is 6.01. The quantitative estimate of drug-likeness (QED) is 0.223. The molecule has 2 aromatic rings. The Labute approximate surface area is 228 Å². The highest BCUT2D eigenvalue weighted by atomic mass is 16.5. The Morgan fingerprint density at radius 1 is 1.15 bits per heavy atom. The van der Waals surface area contributed by atoms with E-state index in [0.717, 1.165) is 51.4 Å². The van der Waals surface area contributed by atoms with Crippen LogP contribution in [0.5, 0.6) is 0 Å². The minimum absolute atomic E-state index is 0.000469. The number of amides is 1. The molecule has 2 unspecified atom stereocenters. The molecule has 5 N–H and O–H groups in total. The van der Waals surface area contributed by atoms with Crippen molar-refractivity contribution in [3.63, 3.8) is 0 Å². The van der Waals surface area contributed by atoms with Crippen molar-refractivity contribution in [2.24, 2.45) is 34.4 Å². The standard InChI is InChI=1S/C28H39N7O4/c1-3-17-7-9-18(10-8-17)15-35-21-24(30-16(2)19-5-4-6-19)32-26(23(29)31-28(37)38)33-25(21)34-27(35)22(36)20-11-13-39-14-12-20/h1,16-20,22,36H,4-15H2,2H3,(H2,29,31)(H,37,38)(H,30,32,33). The summed E-state index contributed by atoms with van der Waals surface area (Å²) in [5, 5.41) is 24.3. The molecule has 0 spiro atoms. The molecule has 0 radical (unpaired) electrons. The number of imidazole rings is 1. The van der Waals surface area contributed by atoms with E-state index in [1.165, 1.54) is 6.42 Å². The van der Waals surface area contributed by atoms with Crippen molar-refractivity contribution < 1.29 is 19.7 Å². The number of hydrogen-bond donors (Lipinski definition) is 4. The van der Waals surface area contributed by atoms with Crippen LogP contribution in [0.3, 0.4) is 0 Å². The maximum Gasteiger partial charge on any atom is 0.433 e. The van der Waals surface area contributed by atoms with Gasteiger partial charge in [0.1, 0.15) is 17.4 Å². The maximum absolute atomic E-state index is 11.6. The summed E-state index contributed by atoms with van der Waals surface area (Å²) in [6.45, 7) is 4.01. The number of rotatable bonds is 8. The maximum atomic E-state index is 11.6. The summed E-state index contributed by atoms with van der Waals surface area (Å²) in [5.41, 5.74) is 7.05. The van der Waals surface area contributed by atoms with Gasteiger partial charge in [0.25, 0.3) is 0 Å². The Bertz CT molecular complexity index is 1250. The molecular formula is C28H39N7O4. The van der Waals surface area contributed by atoms with Crippen LogP contribution in [0.1, 0.15) is 82.5 Å². The van der Waals surface area contributed by atoms with E-state index in [4.69, 9.17) is 27.0 Å². The summed E-state index contributed by atoms with van der Waals surface area (Å²) < 4.78 is 7.61. The summed E-state index contributed by atoms with van der Waals surface area (Å²) in [6, 6.07) is 0.139. The largest absolute Gasteiger partial charge is 0.463 e. The second-order valence-corrected chi connectivity index (χ2v) is 11.3. The lowest BCUT2D eigenvalue weighted by Gasteiger charge is -2.32. The van der Waals surface area contributed by atoms with Crippen molar-refractivity contribution in [1.82, 2.24) is 19.5 Å². The van der Waals surface area contributed by atoms with Gasteiger partial charge < -0.3 is 30.6 Å². The Kier molecular flexibility index (Phi) is 8.33. The molecule has 3 heterocycles. The first-order chi connectivity index (χ1) is 18.8. The van der Waals surface area contributed by atoms with E-state index in [1.54, 1.807) is 0 Å². The van der Waals surface area contributed by atoms with Gasteiger partial charge in [-0.3, -0.25) is 0 Å². The van der Waals surface area contributed by atoms with Gasteiger partial charge in [-0.25, -0.2) is 19.7 Å². The average molecular weight is 538 g/mol. The summed E-state index contributed by atoms with van der Waals surface area (Å²) in [6.07, 6.45) is 12.4. The number of carbonyl (C=O) groups is 1. The van der Waals surface area contributed by atoms with Gasteiger partial charge in [-0.1, -0.05) is 6.42 Å². The normalized spacial score (nSPS) is 24.6. The van der Waals surface area contributed by atoms with Gasteiger partial charge >= 0.3 is 6.09 Å². The molecule has 1 aliphatic heterocycles. The van der Waals surface area contributed by atoms with Gasteiger partial charge in [0.2, 0.25) is 0 Å². The van der Waals surface area contributed by atoms with Gasteiger partial charge in [0.05, 0.1) is 0 Å². The van der Waals surface area contributed by atoms with Crippen LogP contribution in [-0.4, -0.2) is 60.9 Å². The molecule has 2 saturated carbocycles. The van der Waals surface area contributed by atoms with Crippen LogP contribution in [0.15, 0.2) is 4.99 Å². The molecular weight excluding hydrogens is 498 g/mol. The van der Waals surface area contributed by atoms with Crippen LogP contribution in [0.25, 0.3) is 11.2 Å². The Hall–Kier alpha value is -3.23. The van der Waals surface area contributed by atoms with E-state index in [-0.39, 0.29) is 23.6 Å². The zero-order valence-electron chi connectivity index (χ0n) is 22.6. The van der Waals surface area contributed by atoms with Crippen molar-refractivity contribution in [2.45, 2.75) is 83.4 Å². The van der Waals surface area contributed by atoms with Gasteiger partial charge in [-0.05, 0) is 76.0 Å². The molecule has 39 heavy (non-hydrogen) atoms. The number of nitrogens with one attached hydrogen (secondary N) is 1. The van der Waals surface area contributed by atoms with Crippen molar-refractivity contribution >= 4 is 28.9 Å². The first kappa shape index (κ1) is 27.3. The first-order valence-corrected chi connectivity index (χ1v) is 14.2. The predicted octanol–water partition coefficient (Wildman–Crippen LogP) is 3.71. The number of ether oxygens (including phenoxy) is 1. The Morgan fingerprint density at radius 2 is 1.87 bits per heavy atom. The van der Waals surface area contributed by atoms with Gasteiger partial charge in [0.15, 0.2) is 23.1 Å².